The molecule has 1 N–H and O–H groups in total. The van der Waals surface area contributed by atoms with Crippen LogP contribution in [0.3, 0.4) is 0 Å². The molecule has 0 heterocycles. The van der Waals surface area contributed by atoms with Crippen molar-refractivity contribution in [1.29, 1.82) is 0 Å². The lowest BCUT2D eigenvalue weighted by molar-refractivity contribution is -0.119. The molecule has 2 aromatic carbocycles. The van der Waals surface area contributed by atoms with E-state index in [1.807, 2.05) is 12.1 Å². The molecule has 88 valence electrons. The van der Waals surface area contributed by atoms with Crippen molar-refractivity contribution in [2.75, 3.05) is 0 Å². The van der Waals surface area contributed by atoms with E-state index in [1.165, 1.54) is 16.3 Å². The summed E-state index contributed by atoms with van der Waals surface area (Å²) < 4.78 is 0. The van der Waals surface area contributed by atoms with Gasteiger partial charge in [-0.15, -0.1) is 0 Å². The smallest absolute Gasteiger partial charge is 0.217 e. The molecule has 2 rings (SSSR count). The predicted octanol–water partition coefficient (Wildman–Crippen LogP) is 3.43. The lowest BCUT2D eigenvalue weighted by Crippen LogP contribution is -2.25. The van der Waals surface area contributed by atoms with Crippen LogP contribution in [0.25, 0.3) is 10.8 Å². The van der Waals surface area contributed by atoms with Gasteiger partial charge in [-0.1, -0.05) is 43.3 Å². The fraction of sp³-hybridized carbons (Fsp3) is 0.267. The molecule has 2 nitrogen and oxygen atoms in total. The summed E-state index contributed by atoms with van der Waals surface area (Å²) in [5.41, 5.74) is 1.17. The molecule has 0 aliphatic rings. The van der Waals surface area contributed by atoms with Gasteiger partial charge in [0.1, 0.15) is 0 Å². The first-order valence-electron chi connectivity index (χ1n) is 5.96. The number of carbonyl (C=O) groups excluding carboxylic acids is 1. The highest BCUT2D eigenvalue weighted by Gasteiger charge is 2.10. The molecule has 1 unspecified atom stereocenters. The number of rotatable bonds is 3. The van der Waals surface area contributed by atoms with E-state index in [4.69, 9.17) is 0 Å². The second-order valence-corrected chi connectivity index (χ2v) is 4.27. The van der Waals surface area contributed by atoms with Gasteiger partial charge in [0.15, 0.2) is 0 Å². The van der Waals surface area contributed by atoms with Crippen LogP contribution in [0.15, 0.2) is 42.5 Å². The summed E-state index contributed by atoms with van der Waals surface area (Å²) in [4.78, 5) is 11.1. The van der Waals surface area contributed by atoms with E-state index in [0.717, 1.165) is 6.42 Å². The summed E-state index contributed by atoms with van der Waals surface area (Å²) in [5.74, 6) is 0.0185. The molecule has 0 bridgehead atoms. The number of hydrogen-bond acceptors (Lipinski definition) is 1. The van der Waals surface area contributed by atoms with Gasteiger partial charge in [0, 0.05) is 6.92 Å². The first kappa shape index (κ1) is 11.6. The Bertz CT molecular complexity index is 533. The molecule has 1 atom stereocenters. The first-order valence-corrected chi connectivity index (χ1v) is 5.96. The number of fused-ring (bicyclic) bond motifs is 1. The maximum Gasteiger partial charge on any atom is 0.217 e. The van der Waals surface area contributed by atoms with Gasteiger partial charge >= 0.3 is 0 Å². The monoisotopic (exact) mass is 227 g/mol. The van der Waals surface area contributed by atoms with Gasteiger partial charge in [-0.05, 0) is 28.8 Å². The fourth-order valence-electron chi connectivity index (χ4n) is 2.09. The summed E-state index contributed by atoms with van der Waals surface area (Å²) in [7, 11) is 0. The van der Waals surface area contributed by atoms with Crippen LogP contribution in [0.2, 0.25) is 0 Å². The predicted molar refractivity (Wildman–Crippen MR) is 70.8 cm³/mol. The van der Waals surface area contributed by atoms with Crippen LogP contribution in [0.4, 0.5) is 0 Å². The Morgan fingerprint density at radius 3 is 2.53 bits per heavy atom. The van der Waals surface area contributed by atoms with Gasteiger partial charge in [-0.25, -0.2) is 0 Å². The largest absolute Gasteiger partial charge is 0.350 e. The number of benzene rings is 2. The van der Waals surface area contributed by atoms with Gasteiger partial charge in [-0.2, -0.15) is 0 Å². The third-order valence-electron chi connectivity index (χ3n) is 2.96. The molecule has 2 heteroatoms. The van der Waals surface area contributed by atoms with E-state index in [2.05, 4.69) is 42.6 Å². The summed E-state index contributed by atoms with van der Waals surface area (Å²) in [5, 5.41) is 5.42. The van der Waals surface area contributed by atoms with E-state index in [9.17, 15) is 4.79 Å². The van der Waals surface area contributed by atoms with E-state index in [1.54, 1.807) is 6.92 Å². The highest BCUT2D eigenvalue weighted by Crippen LogP contribution is 2.22. The SMILES string of the molecule is CCC(NC(C)=O)c1ccc2ccccc2c1. The molecule has 1 amide bonds. The van der Waals surface area contributed by atoms with E-state index in [0.29, 0.717) is 0 Å². The quantitative estimate of drug-likeness (QED) is 0.855. The average Bonchev–Trinajstić information content (AvgIpc) is 2.35. The average molecular weight is 227 g/mol. The van der Waals surface area contributed by atoms with Crippen molar-refractivity contribution in [3.8, 4) is 0 Å². The Morgan fingerprint density at radius 1 is 1.18 bits per heavy atom. The van der Waals surface area contributed by atoms with Crippen LogP contribution >= 0.6 is 0 Å². The Labute approximate surface area is 102 Å². The molecule has 0 fully saturated rings. The third-order valence-corrected chi connectivity index (χ3v) is 2.96. The van der Waals surface area contributed by atoms with Crippen molar-refractivity contribution < 1.29 is 4.79 Å². The van der Waals surface area contributed by atoms with Crippen molar-refractivity contribution in [1.82, 2.24) is 5.32 Å². The highest BCUT2D eigenvalue weighted by molar-refractivity contribution is 5.83. The van der Waals surface area contributed by atoms with Crippen LogP contribution in [-0.2, 0) is 4.79 Å². The van der Waals surface area contributed by atoms with Crippen molar-refractivity contribution in [3.63, 3.8) is 0 Å². The molecule has 0 saturated carbocycles. The first-order chi connectivity index (χ1) is 8.20. The Balaban J connectivity index is 2.37. The summed E-state index contributed by atoms with van der Waals surface area (Å²) in [6.07, 6.45) is 0.901. The van der Waals surface area contributed by atoms with Gasteiger partial charge in [0.2, 0.25) is 5.91 Å². The summed E-state index contributed by atoms with van der Waals surface area (Å²) in [6, 6.07) is 14.7. The van der Waals surface area contributed by atoms with Crippen molar-refractivity contribution in [2.45, 2.75) is 26.3 Å². The van der Waals surface area contributed by atoms with Crippen LogP contribution in [0.5, 0.6) is 0 Å². The molecule has 0 aliphatic heterocycles. The zero-order valence-corrected chi connectivity index (χ0v) is 10.2. The third kappa shape index (κ3) is 2.64. The second kappa shape index (κ2) is 5.00. The summed E-state index contributed by atoms with van der Waals surface area (Å²) in [6.45, 7) is 3.64. The highest BCUT2D eigenvalue weighted by atomic mass is 16.1. The molecule has 0 aromatic heterocycles. The molecule has 0 aliphatic carbocycles. The zero-order chi connectivity index (χ0) is 12.3. The maximum atomic E-state index is 11.1. The minimum atomic E-state index is 0.0185. The standard InChI is InChI=1S/C15H17NO/c1-3-15(16-11(2)17)14-9-8-12-6-4-5-7-13(12)10-14/h4-10,15H,3H2,1-2H3,(H,16,17). The lowest BCUT2D eigenvalue weighted by Gasteiger charge is -2.16. The molecule has 0 spiro atoms. The van der Waals surface area contributed by atoms with Crippen LogP contribution in [0.1, 0.15) is 31.9 Å². The zero-order valence-electron chi connectivity index (χ0n) is 10.2. The van der Waals surface area contributed by atoms with Crippen molar-refractivity contribution >= 4 is 16.7 Å². The molecule has 17 heavy (non-hydrogen) atoms. The van der Waals surface area contributed by atoms with E-state index >= 15 is 0 Å². The van der Waals surface area contributed by atoms with Gasteiger partial charge in [0.25, 0.3) is 0 Å². The fourth-order valence-corrected chi connectivity index (χ4v) is 2.09. The topological polar surface area (TPSA) is 29.1 Å². The Morgan fingerprint density at radius 2 is 1.88 bits per heavy atom. The van der Waals surface area contributed by atoms with E-state index < -0.39 is 0 Å². The molecule has 2 aromatic rings. The number of carbonyl (C=O) groups is 1. The van der Waals surface area contributed by atoms with Crippen molar-refractivity contribution in [2.24, 2.45) is 0 Å². The second-order valence-electron chi connectivity index (χ2n) is 4.27. The molecule has 0 saturated heterocycles. The van der Waals surface area contributed by atoms with Gasteiger partial charge < -0.3 is 5.32 Å². The number of hydrogen-bond donors (Lipinski definition) is 1. The van der Waals surface area contributed by atoms with Crippen LogP contribution in [-0.4, -0.2) is 5.91 Å². The Kier molecular flexibility index (Phi) is 3.43. The number of nitrogens with one attached hydrogen (secondary N) is 1. The summed E-state index contributed by atoms with van der Waals surface area (Å²) >= 11 is 0. The number of amides is 1. The van der Waals surface area contributed by atoms with Gasteiger partial charge in [-0.3, -0.25) is 4.79 Å². The Hall–Kier alpha value is -1.83. The van der Waals surface area contributed by atoms with Crippen LogP contribution in [0, 0.1) is 0 Å². The maximum absolute atomic E-state index is 11.1. The molecular formula is C15H17NO. The van der Waals surface area contributed by atoms with Gasteiger partial charge in [0.05, 0.1) is 6.04 Å². The molecular weight excluding hydrogens is 210 g/mol. The van der Waals surface area contributed by atoms with E-state index in [-0.39, 0.29) is 11.9 Å². The normalized spacial score (nSPS) is 12.4. The van der Waals surface area contributed by atoms with Crippen molar-refractivity contribution in [3.05, 3.63) is 48.0 Å². The lowest BCUT2D eigenvalue weighted by atomic mass is 10.0. The minimum Gasteiger partial charge on any atom is -0.350 e. The minimum absolute atomic E-state index is 0.0185. The molecule has 0 radical (unpaired) electrons. The van der Waals surface area contributed by atoms with Crippen LogP contribution < -0.4 is 5.32 Å².